The average Bonchev–Trinajstić information content (AvgIpc) is 2.30. The molecule has 0 aliphatic carbocycles. The second-order valence-corrected chi connectivity index (χ2v) is 4.65. The van der Waals surface area contributed by atoms with Crippen LogP contribution in [0.1, 0.15) is 5.56 Å². The van der Waals surface area contributed by atoms with Crippen LogP contribution >= 0.6 is 0 Å². The highest BCUT2D eigenvalue weighted by molar-refractivity contribution is 5.15. The maximum absolute atomic E-state index is 13.0. The van der Waals surface area contributed by atoms with Crippen LogP contribution in [-0.4, -0.2) is 49.7 Å². The van der Waals surface area contributed by atoms with Crippen LogP contribution in [0, 0.1) is 5.82 Å². The van der Waals surface area contributed by atoms with Crippen LogP contribution < -0.4 is 5.32 Å². The van der Waals surface area contributed by atoms with E-state index in [1.165, 1.54) is 6.07 Å². The van der Waals surface area contributed by atoms with Crippen molar-refractivity contribution in [3.05, 3.63) is 35.6 Å². The van der Waals surface area contributed by atoms with Gasteiger partial charge in [0.15, 0.2) is 0 Å². The van der Waals surface area contributed by atoms with Gasteiger partial charge in [0.2, 0.25) is 0 Å². The lowest BCUT2D eigenvalue weighted by Crippen LogP contribution is -2.47. The van der Waals surface area contributed by atoms with E-state index in [-0.39, 0.29) is 5.82 Å². The summed E-state index contributed by atoms with van der Waals surface area (Å²) >= 11 is 0. The Labute approximate surface area is 102 Å². The Morgan fingerprint density at radius 1 is 1.35 bits per heavy atom. The highest BCUT2D eigenvalue weighted by Crippen LogP contribution is 2.06. The van der Waals surface area contributed by atoms with Gasteiger partial charge in [-0.25, -0.2) is 4.39 Å². The largest absolute Gasteiger partial charge is 0.314 e. The predicted octanol–water partition coefficient (Wildman–Crippen LogP) is 1.12. The van der Waals surface area contributed by atoms with Gasteiger partial charge in [0.05, 0.1) is 6.67 Å². The van der Waals surface area contributed by atoms with Crippen LogP contribution in [0.4, 0.5) is 4.39 Å². The maximum atomic E-state index is 13.0. The van der Waals surface area contributed by atoms with Crippen LogP contribution in [0.5, 0.6) is 0 Å². The summed E-state index contributed by atoms with van der Waals surface area (Å²) < 4.78 is 13.0. The fraction of sp³-hybridized carbons (Fsp3) is 0.538. The molecule has 3 nitrogen and oxygen atoms in total. The Balaban J connectivity index is 1.82. The molecular weight excluding hydrogens is 217 g/mol. The molecule has 0 radical (unpaired) electrons. The SMILES string of the molecule is CN(Cc1cccc(F)c1)CN1CCNCC1. The molecule has 1 N–H and O–H groups in total. The molecule has 1 aromatic rings. The predicted molar refractivity (Wildman–Crippen MR) is 67.2 cm³/mol. The van der Waals surface area contributed by atoms with Crippen molar-refractivity contribution >= 4 is 0 Å². The van der Waals surface area contributed by atoms with E-state index in [1.807, 2.05) is 6.07 Å². The first-order valence-electron chi connectivity index (χ1n) is 6.10. The summed E-state index contributed by atoms with van der Waals surface area (Å²) in [4.78, 5) is 4.63. The van der Waals surface area contributed by atoms with Crippen molar-refractivity contribution in [2.75, 3.05) is 39.9 Å². The molecule has 0 amide bonds. The minimum Gasteiger partial charge on any atom is -0.314 e. The molecular formula is C13H20FN3. The van der Waals surface area contributed by atoms with Crippen molar-refractivity contribution < 1.29 is 4.39 Å². The number of hydrogen-bond donors (Lipinski definition) is 1. The van der Waals surface area contributed by atoms with Gasteiger partial charge in [-0.2, -0.15) is 0 Å². The highest BCUT2D eigenvalue weighted by atomic mass is 19.1. The molecule has 4 heteroatoms. The zero-order valence-corrected chi connectivity index (χ0v) is 10.3. The summed E-state index contributed by atoms with van der Waals surface area (Å²) in [6.07, 6.45) is 0. The van der Waals surface area contributed by atoms with Crippen molar-refractivity contribution in [3.63, 3.8) is 0 Å². The normalized spacial score (nSPS) is 17.6. The zero-order chi connectivity index (χ0) is 12.1. The minimum absolute atomic E-state index is 0.155. The first kappa shape index (κ1) is 12.5. The highest BCUT2D eigenvalue weighted by Gasteiger charge is 2.11. The number of nitrogens with one attached hydrogen (secondary N) is 1. The average molecular weight is 237 g/mol. The summed E-state index contributed by atoms with van der Waals surface area (Å²) in [5.41, 5.74) is 1.03. The van der Waals surface area contributed by atoms with Crippen LogP contribution in [-0.2, 0) is 6.54 Å². The second kappa shape index (κ2) is 6.10. The van der Waals surface area contributed by atoms with Gasteiger partial charge in [-0.3, -0.25) is 9.80 Å². The lowest BCUT2D eigenvalue weighted by molar-refractivity contribution is 0.135. The van der Waals surface area contributed by atoms with Crippen molar-refractivity contribution in [1.82, 2.24) is 15.1 Å². The number of halogens is 1. The van der Waals surface area contributed by atoms with E-state index < -0.39 is 0 Å². The van der Waals surface area contributed by atoms with Gasteiger partial charge in [-0.15, -0.1) is 0 Å². The number of rotatable bonds is 4. The van der Waals surface area contributed by atoms with Crippen molar-refractivity contribution in [3.8, 4) is 0 Å². The number of hydrogen-bond acceptors (Lipinski definition) is 3. The van der Waals surface area contributed by atoms with Gasteiger partial charge in [0.25, 0.3) is 0 Å². The number of benzene rings is 1. The molecule has 0 unspecified atom stereocenters. The molecule has 1 aliphatic heterocycles. The molecule has 0 aromatic heterocycles. The van der Waals surface area contributed by atoms with Gasteiger partial charge < -0.3 is 5.32 Å². The summed E-state index contributed by atoms with van der Waals surface area (Å²) in [6.45, 7) is 6.04. The van der Waals surface area contributed by atoms with Crippen LogP contribution in [0.3, 0.4) is 0 Å². The van der Waals surface area contributed by atoms with Gasteiger partial charge in [-0.1, -0.05) is 12.1 Å². The van der Waals surface area contributed by atoms with E-state index in [1.54, 1.807) is 12.1 Å². The van der Waals surface area contributed by atoms with Crippen LogP contribution in [0.15, 0.2) is 24.3 Å². The summed E-state index contributed by atoms with van der Waals surface area (Å²) in [5, 5.41) is 3.34. The third-order valence-electron chi connectivity index (χ3n) is 2.99. The molecule has 0 bridgehead atoms. The van der Waals surface area contributed by atoms with E-state index in [2.05, 4.69) is 22.2 Å². The standard InChI is InChI=1S/C13H20FN3/c1-16(11-17-7-5-15-6-8-17)10-12-3-2-4-13(14)9-12/h2-4,9,15H,5-8,10-11H2,1H3. The Morgan fingerprint density at radius 3 is 2.82 bits per heavy atom. The maximum Gasteiger partial charge on any atom is 0.123 e. The topological polar surface area (TPSA) is 18.5 Å². The number of nitrogens with zero attached hydrogens (tertiary/aromatic N) is 2. The lowest BCUT2D eigenvalue weighted by atomic mass is 10.2. The van der Waals surface area contributed by atoms with E-state index >= 15 is 0 Å². The fourth-order valence-electron chi connectivity index (χ4n) is 2.19. The fourth-order valence-corrected chi connectivity index (χ4v) is 2.19. The Morgan fingerprint density at radius 2 is 2.12 bits per heavy atom. The Hall–Kier alpha value is -0.970. The van der Waals surface area contributed by atoms with Crippen LogP contribution in [0.2, 0.25) is 0 Å². The molecule has 1 heterocycles. The van der Waals surface area contributed by atoms with E-state index in [4.69, 9.17) is 0 Å². The Bertz CT molecular complexity index is 350. The van der Waals surface area contributed by atoms with E-state index in [0.717, 1.165) is 45.0 Å². The molecule has 0 spiro atoms. The molecule has 2 rings (SSSR count). The van der Waals surface area contributed by atoms with Crippen molar-refractivity contribution in [2.45, 2.75) is 6.54 Å². The lowest BCUT2D eigenvalue weighted by Gasteiger charge is -2.31. The monoisotopic (exact) mass is 237 g/mol. The first-order valence-corrected chi connectivity index (χ1v) is 6.10. The van der Waals surface area contributed by atoms with Crippen molar-refractivity contribution in [2.24, 2.45) is 0 Å². The molecule has 1 fully saturated rings. The summed E-state index contributed by atoms with van der Waals surface area (Å²) in [6, 6.07) is 6.83. The quantitative estimate of drug-likeness (QED) is 0.846. The van der Waals surface area contributed by atoms with Crippen LogP contribution in [0.25, 0.3) is 0 Å². The van der Waals surface area contributed by atoms with Gasteiger partial charge >= 0.3 is 0 Å². The Kier molecular flexibility index (Phi) is 4.48. The van der Waals surface area contributed by atoms with Gasteiger partial charge in [0.1, 0.15) is 5.82 Å². The molecule has 1 saturated heterocycles. The second-order valence-electron chi connectivity index (χ2n) is 4.65. The third kappa shape index (κ3) is 4.07. The number of piperazine rings is 1. The molecule has 0 atom stereocenters. The van der Waals surface area contributed by atoms with Gasteiger partial charge in [-0.05, 0) is 24.7 Å². The zero-order valence-electron chi connectivity index (χ0n) is 10.3. The minimum atomic E-state index is -0.155. The third-order valence-corrected chi connectivity index (χ3v) is 2.99. The molecule has 1 aliphatic rings. The molecule has 17 heavy (non-hydrogen) atoms. The molecule has 0 saturated carbocycles. The smallest absolute Gasteiger partial charge is 0.123 e. The van der Waals surface area contributed by atoms with E-state index in [9.17, 15) is 4.39 Å². The van der Waals surface area contributed by atoms with Crippen molar-refractivity contribution in [1.29, 1.82) is 0 Å². The summed E-state index contributed by atoms with van der Waals surface area (Å²) in [5.74, 6) is -0.155. The molecule has 94 valence electrons. The first-order chi connectivity index (χ1) is 8.24. The van der Waals surface area contributed by atoms with Gasteiger partial charge in [0, 0.05) is 32.7 Å². The summed E-state index contributed by atoms with van der Waals surface area (Å²) in [7, 11) is 2.08. The van der Waals surface area contributed by atoms with E-state index in [0.29, 0.717) is 0 Å². The molecule has 1 aromatic carbocycles.